The van der Waals surface area contributed by atoms with E-state index in [0.29, 0.717) is 12.8 Å². The van der Waals surface area contributed by atoms with Gasteiger partial charge in [0.15, 0.2) is 0 Å². The van der Waals surface area contributed by atoms with Crippen LogP contribution in [0, 0.1) is 0 Å². The maximum absolute atomic E-state index is 12.7. The van der Waals surface area contributed by atoms with Crippen molar-refractivity contribution < 1.29 is 13.2 Å². The van der Waals surface area contributed by atoms with Gasteiger partial charge in [0.1, 0.15) is 0 Å². The van der Waals surface area contributed by atoms with Crippen LogP contribution < -0.4 is 9.62 Å². The van der Waals surface area contributed by atoms with E-state index in [1.807, 2.05) is 32.0 Å². The molecular formula is C19H23N3O3S. The molecule has 138 valence electrons. The molecule has 0 aliphatic carbocycles. The third-order valence-corrected chi connectivity index (χ3v) is 6.19. The van der Waals surface area contributed by atoms with Crippen LogP contribution in [-0.4, -0.2) is 32.9 Å². The van der Waals surface area contributed by atoms with Crippen LogP contribution in [0.1, 0.15) is 31.5 Å². The molecule has 0 bridgehead atoms. The number of hydrogen-bond donors (Lipinski definition) is 1. The maximum Gasteiger partial charge on any atom is 0.240 e. The normalized spacial score (nSPS) is 16.4. The van der Waals surface area contributed by atoms with Crippen LogP contribution in [0.4, 0.5) is 5.69 Å². The van der Waals surface area contributed by atoms with Gasteiger partial charge >= 0.3 is 0 Å². The summed E-state index contributed by atoms with van der Waals surface area (Å²) < 4.78 is 27.9. The number of rotatable bonds is 5. The zero-order chi connectivity index (χ0) is 18.9. The van der Waals surface area contributed by atoms with E-state index in [0.717, 1.165) is 16.9 Å². The molecule has 0 unspecified atom stereocenters. The average molecular weight is 373 g/mol. The van der Waals surface area contributed by atoms with Crippen molar-refractivity contribution in [1.29, 1.82) is 0 Å². The Balaban J connectivity index is 1.82. The molecule has 1 amide bonds. The van der Waals surface area contributed by atoms with E-state index >= 15 is 0 Å². The Labute approximate surface area is 154 Å². The molecule has 1 aliphatic rings. The fourth-order valence-electron chi connectivity index (χ4n) is 3.19. The largest absolute Gasteiger partial charge is 0.315 e. The zero-order valence-electron chi connectivity index (χ0n) is 15.2. The van der Waals surface area contributed by atoms with Crippen molar-refractivity contribution in [2.45, 2.75) is 37.0 Å². The topological polar surface area (TPSA) is 79.4 Å². The number of nitrogens with one attached hydrogen (secondary N) is 1. The summed E-state index contributed by atoms with van der Waals surface area (Å²) in [6.07, 6.45) is 2.56. The van der Waals surface area contributed by atoms with Gasteiger partial charge in [-0.3, -0.25) is 9.78 Å². The summed E-state index contributed by atoms with van der Waals surface area (Å²) in [5.41, 5.74) is 2.06. The molecule has 1 aromatic carbocycles. The smallest absolute Gasteiger partial charge is 0.240 e. The highest BCUT2D eigenvalue weighted by Gasteiger charge is 2.36. The van der Waals surface area contributed by atoms with Crippen molar-refractivity contribution in [2.75, 3.05) is 18.5 Å². The van der Waals surface area contributed by atoms with Gasteiger partial charge in [-0.05, 0) is 35.9 Å². The number of aromatic nitrogens is 1. The Hall–Kier alpha value is -2.25. The van der Waals surface area contributed by atoms with Gasteiger partial charge in [-0.15, -0.1) is 0 Å². The first kappa shape index (κ1) is 18.5. The molecule has 2 heterocycles. The van der Waals surface area contributed by atoms with Gasteiger partial charge in [0.2, 0.25) is 15.9 Å². The molecule has 0 spiro atoms. The average Bonchev–Trinajstić information content (AvgIpc) is 2.60. The summed E-state index contributed by atoms with van der Waals surface area (Å²) in [6, 6.07) is 10.5. The Morgan fingerprint density at radius 2 is 2.00 bits per heavy atom. The second-order valence-corrected chi connectivity index (χ2v) is 8.93. The van der Waals surface area contributed by atoms with E-state index in [-0.39, 0.29) is 17.3 Å². The van der Waals surface area contributed by atoms with Crippen molar-refractivity contribution in [1.82, 2.24) is 9.71 Å². The van der Waals surface area contributed by atoms with Gasteiger partial charge in [0, 0.05) is 49.4 Å². The van der Waals surface area contributed by atoms with Gasteiger partial charge in [-0.2, -0.15) is 0 Å². The minimum absolute atomic E-state index is 0.0339. The van der Waals surface area contributed by atoms with E-state index < -0.39 is 15.4 Å². The lowest BCUT2D eigenvalue weighted by Gasteiger charge is -2.37. The summed E-state index contributed by atoms with van der Waals surface area (Å²) >= 11 is 0. The van der Waals surface area contributed by atoms with Crippen molar-refractivity contribution in [2.24, 2.45) is 0 Å². The van der Waals surface area contributed by atoms with Gasteiger partial charge in [0.05, 0.1) is 4.90 Å². The zero-order valence-corrected chi connectivity index (χ0v) is 16.0. The van der Waals surface area contributed by atoms with Crippen LogP contribution in [0.5, 0.6) is 0 Å². The lowest BCUT2D eigenvalue weighted by atomic mass is 9.77. The van der Waals surface area contributed by atoms with Gasteiger partial charge < -0.3 is 4.90 Å². The monoisotopic (exact) mass is 373 g/mol. The molecule has 7 heteroatoms. The summed E-state index contributed by atoms with van der Waals surface area (Å²) in [5, 5.41) is 0. The minimum Gasteiger partial charge on any atom is -0.315 e. The Kier molecular flexibility index (Phi) is 4.86. The number of anilines is 1. The van der Waals surface area contributed by atoms with E-state index in [2.05, 4.69) is 9.71 Å². The standard InChI is InChI=1S/C19H23N3O3S/c1-19(2)13-18(23)22(3)17-8-7-15(12-16(17)19)26(24,25)21-11-9-14-6-4-5-10-20-14/h4-8,10,12,21H,9,11,13H2,1-3H3. The van der Waals surface area contributed by atoms with Gasteiger partial charge in [0.25, 0.3) is 0 Å². The van der Waals surface area contributed by atoms with Crippen molar-refractivity contribution >= 4 is 21.6 Å². The molecule has 2 aromatic rings. The highest BCUT2D eigenvalue weighted by molar-refractivity contribution is 7.89. The third kappa shape index (κ3) is 3.64. The van der Waals surface area contributed by atoms with E-state index in [9.17, 15) is 13.2 Å². The molecule has 6 nitrogen and oxygen atoms in total. The highest BCUT2D eigenvalue weighted by atomic mass is 32.2. The summed E-state index contributed by atoms with van der Waals surface area (Å²) in [4.78, 5) is 18.1. The van der Waals surface area contributed by atoms with Crippen LogP contribution in [-0.2, 0) is 26.7 Å². The van der Waals surface area contributed by atoms with Crippen LogP contribution in [0.3, 0.4) is 0 Å². The number of amides is 1. The first-order valence-electron chi connectivity index (χ1n) is 8.51. The second-order valence-electron chi connectivity index (χ2n) is 7.16. The number of fused-ring (bicyclic) bond motifs is 1. The third-order valence-electron chi connectivity index (χ3n) is 4.74. The van der Waals surface area contributed by atoms with Crippen LogP contribution >= 0.6 is 0 Å². The van der Waals surface area contributed by atoms with Crippen LogP contribution in [0.15, 0.2) is 47.5 Å². The number of carbonyl (C=O) groups excluding carboxylic acids is 1. The lowest BCUT2D eigenvalue weighted by molar-refractivity contribution is -0.119. The molecule has 0 atom stereocenters. The molecule has 0 saturated carbocycles. The van der Waals surface area contributed by atoms with Crippen molar-refractivity contribution in [3.8, 4) is 0 Å². The quantitative estimate of drug-likeness (QED) is 0.872. The van der Waals surface area contributed by atoms with E-state index in [1.165, 1.54) is 0 Å². The molecule has 1 aliphatic heterocycles. The lowest BCUT2D eigenvalue weighted by Crippen LogP contribution is -2.39. The molecule has 1 N–H and O–H groups in total. The number of carbonyl (C=O) groups is 1. The van der Waals surface area contributed by atoms with E-state index in [4.69, 9.17) is 0 Å². The highest BCUT2D eigenvalue weighted by Crippen LogP contribution is 2.40. The predicted molar refractivity (Wildman–Crippen MR) is 101 cm³/mol. The van der Waals surface area contributed by atoms with E-state index in [1.54, 1.807) is 36.3 Å². The molecule has 3 rings (SSSR count). The number of sulfonamides is 1. The molecule has 0 saturated heterocycles. The first-order valence-corrected chi connectivity index (χ1v) is 10.00. The Morgan fingerprint density at radius 1 is 1.23 bits per heavy atom. The van der Waals surface area contributed by atoms with Gasteiger partial charge in [-0.1, -0.05) is 19.9 Å². The Morgan fingerprint density at radius 3 is 2.69 bits per heavy atom. The summed E-state index contributed by atoms with van der Waals surface area (Å²) in [5.74, 6) is 0.0339. The molecule has 0 fully saturated rings. The minimum atomic E-state index is -3.63. The Bertz CT molecular complexity index is 924. The molecule has 26 heavy (non-hydrogen) atoms. The number of hydrogen-bond acceptors (Lipinski definition) is 4. The molecule has 0 radical (unpaired) electrons. The fourth-order valence-corrected chi connectivity index (χ4v) is 4.24. The fraction of sp³-hybridized carbons (Fsp3) is 0.368. The second kappa shape index (κ2) is 6.81. The summed E-state index contributed by atoms with van der Waals surface area (Å²) in [6.45, 7) is 4.20. The van der Waals surface area contributed by atoms with Crippen molar-refractivity contribution in [3.63, 3.8) is 0 Å². The molecular weight excluding hydrogens is 350 g/mol. The SMILES string of the molecule is CN1C(=O)CC(C)(C)c2cc(S(=O)(=O)NCCc3ccccn3)ccc21. The van der Waals surface area contributed by atoms with Crippen LogP contribution in [0.2, 0.25) is 0 Å². The maximum atomic E-state index is 12.7. The number of pyridine rings is 1. The van der Waals surface area contributed by atoms with Crippen molar-refractivity contribution in [3.05, 3.63) is 53.9 Å². The number of nitrogens with zero attached hydrogens (tertiary/aromatic N) is 2. The number of benzene rings is 1. The summed E-state index contributed by atoms with van der Waals surface area (Å²) in [7, 11) is -1.91. The van der Waals surface area contributed by atoms with Gasteiger partial charge in [-0.25, -0.2) is 13.1 Å². The first-order chi connectivity index (χ1) is 12.2. The predicted octanol–water partition coefficient (Wildman–Crippen LogP) is 2.25. The molecule has 1 aromatic heterocycles. The van der Waals surface area contributed by atoms with Crippen LogP contribution in [0.25, 0.3) is 0 Å².